The van der Waals surface area contributed by atoms with Gasteiger partial charge in [0.05, 0.1) is 18.0 Å². The molecule has 1 aromatic carbocycles. The molecule has 0 unspecified atom stereocenters. The zero-order valence-corrected chi connectivity index (χ0v) is 12.7. The van der Waals surface area contributed by atoms with E-state index in [1.807, 2.05) is 0 Å². The Morgan fingerprint density at radius 1 is 1.29 bits per heavy atom. The highest BCUT2D eigenvalue weighted by atomic mass is 32.2. The van der Waals surface area contributed by atoms with E-state index in [0.717, 1.165) is 0 Å². The van der Waals surface area contributed by atoms with Crippen LogP contribution in [-0.4, -0.2) is 23.4 Å². The van der Waals surface area contributed by atoms with Crippen molar-refractivity contribution >= 4 is 27.2 Å². The number of nitrogens with one attached hydrogen (secondary N) is 1. The Balaban J connectivity index is 2.10. The van der Waals surface area contributed by atoms with Crippen LogP contribution in [-0.2, 0) is 22.3 Å². The van der Waals surface area contributed by atoms with Gasteiger partial charge in [-0.05, 0) is 11.6 Å². The van der Waals surface area contributed by atoms with Crippen LogP contribution in [0.2, 0.25) is 0 Å². The summed E-state index contributed by atoms with van der Waals surface area (Å²) in [7, 11) is -3.51. The van der Waals surface area contributed by atoms with E-state index in [1.165, 1.54) is 6.33 Å². The number of sulfonamides is 1. The van der Waals surface area contributed by atoms with Crippen LogP contribution in [0.15, 0.2) is 42.9 Å². The van der Waals surface area contributed by atoms with Crippen LogP contribution in [0.25, 0.3) is 0 Å². The van der Waals surface area contributed by atoms with Crippen molar-refractivity contribution in [2.45, 2.75) is 12.3 Å². The lowest BCUT2D eigenvalue weighted by Crippen LogP contribution is -2.26. The fraction of sp³-hybridized carbons (Fsp3) is 0.154. The van der Waals surface area contributed by atoms with Crippen LogP contribution in [0.1, 0.15) is 16.8 Å². The molecule has 0 aliphatic carbocycles. The molecule has 0 atom stereocenters. The predicted octanol–water partition coefficient (Wildman–Crippen LogP) is 0.730. The van der Waals surface area contributed by atoms with Gasteiger partial charge in [0.1, 0.15) is 11.3 Å². The molecular weight excluding hydrogens is 308 g/mol. The number of nitrogens with zero attached hydrogens (tertiary/aromatic N) is 2. The van der Waals surface area contributed by atoms with E-state index in [1.54, 1.807) is 36.5 Å². The maximum atomic E-state index is 12.1. The SMILES string of the molecule is NC(=S)c1ccccc1CS(=O)(=O)NCc1ccncn1. The lowest BCUT2D eigenvalue weighted by Gasteiger charge is -2.10. The topological polar surface area (TPSA) is 98.0 Å². The molecule has 0 bridgehead atoms. The van der Waals surface area contributed by atoms with Crippen LogP contribution < -0.4 is 10.5 Å². The first kappa shape index (κ1) is 15.5. The summed E-state index contributed by atoms with van der Waals surface area (Å²) in [4.78, 5) is 7.91. The third-order valence-corrected chi connectivity index (χ3v) is 4.24. The summed E-state index contributed by atoms with van der Waals surface area (Å²) in [6, 6.07) is 8.55. The van der Waals surface area contributed by atoms with E-state index < -0.39 is 10.0 Å². The average molecular weight is 322 g/mol. The Bertz CT molecular complexity index is 733. The van der Waals surface area contributed by atoms with Crippen LogP contribution in [0.5, 0.6) is 0 Å². The average Bonchev–Trinajstić information content (AvgIpc) is 2.46. The minimum Gasteiger partial charge on any atom is -0.389 e. The van der Waals surface area contributed by atoms with Crippen molar-refractivity contribution in [3.05, 3.63) is 59.7 Å². The molecular formula is C13H14N4O2S2. The molecule has 21 heavy (non-hydrogen) atoms. The Labute approximate surface area is 128 Å². The molecule has 110 valence electrons. The summed E-state index contributed by atoms with van der Waals surface area (Å²) >= 11 is 4.93. The van der Waals surface area contributed by atoms with Gasteiger partial charge in [-0.3, -0.25) is 0 Å². The molecule has 0 amide bonds. The van der Waals surface area contributed by atoms with Crippen molar-refractivity contribution in [2.24, 2.45) is 5.73 Å². The van der Waals surface area contributed by atoms with Gasteiger partial charge in [-0.2, -0.15) is 0 Å². The second-order valence-corrected chi connectivity index (χ2v) is 6.55. The summed E-state index contributed by atoms with van der Waals surface area (Å²) in [6.07, 6.45) is 2.92. The van der Waals surface area contributed by atoms with Crippen LogP contribution in [0.3, 0.4) is 0 Å². The van der Waals surface area contributed by atoms with Gasteiger partial charge < -0.3 is 5.73 Å². The van der Waals surface area contributed by atoms with Crippen LogP contribution in [0, 0.1) is 0 Å². The maximum Gasteiger partial charge on any atom is 0.216 e. The van der Waals surface area contributed by atoms with Crippen molar-refractivity contribution in [1.82, 2.24) is 14.7 Å². The molecule has 0 saturated carbocycles. The normalized spacial score (nSPS) is 11.2. The number of thiocarbonyl (C=S) groups is 1. The van der Waals surface area contributed by atoms with E-state index in [0.29, 0.717) is 16.8 Å². The van der Waals surface area contributed by atoms with Gasteiger partial charge in [-0.1, -0.05) is 36.5 Å². The molecule has 1 aromatic heterocycles. The first-order valence-electron chi connectivity index (χ1n) is 6.08. The minimum atomic E-state index is -3.51. The monoisotopic (exact) mass is 322 g/mol. The fourth-order valence-corrected chi connectivity index (χ4v) is 3.08. The standard InChI is InChI=1S/C13H14N4O2S2/c14-13(20)12-4-2-1-3-10(12)8-21(18,19)17-7-11-5-6-15-9-16-11/h1-6,9,17H,7-8H2,(H2,14,20). The summed E-state index contributed by atoms with van der Waals surface area (Å²) in [5.74, 6) is -0.189. The van der Waals surface area contributed by atoms with Gasteiger partial charge >= 0.3 is 0 Å². The van der Waals surface area contributed by atoms with Gasteiger partial charge in [0.2, 0.25) is 10.0 Å². The Morgan fingerprint density at radius 2 is 2.05 bits per heavy atom. The van der Waals surface area contributed by atoms with E-state index in [-0.39, 0.29) is 17.3 Å². The number of hydrogen-bond donors (Lipinski definition) is 2. The molecule has 0 aliphatic heterocycles. The van der Waals surface area contributed by atoms with E-state index in [9.17, 15) is 8.42 Å². The van der Waals surface area contributed by atoms with Crippen molar-refractivity contribution < 1.29 is 8.42 Å². The number of aromatic nitrogens is 2. The van der Waals surface area contributed by atoms with Gasteiger partial charge in [-0.15, -0.1) is 0 Å². The highest BCUT2D eigenvalue weighted by molar-refractivity contribution is 7.88. The number of nitrogens with two attached hydrogens (primary N) is 1. The molecule has 8 heteroatoms. The van der Waals surface area contributed by atoms with Crippen molar-refractivity contribution in [2.75, 3.05) is 0 Å². The second kappa shape index (κ2) is 6.70. The van der Waals surface area contributed by atoms with Crippen LogP contribution in [0.4, 0.5) is 0 Å². The summed E-state index contributed by atoms with van der Waals surface area (Å²) < 4.78 is 26.7. The summed E-state index contributed by atoms with van der Waals surface area (Å²) in [5, 5.41) is 0. The van der Waals surface area contributed by atoms with E-state index in [4.69, 9.17) is 18.0 Å². The molecule has 0 saturated heterocycles. The lowest BCUT2D eigenvalue weighted by molar-refractivity contribution is 0.579. The van der Waals surface area contributed by atoms with Gasteiger partial charge in [0, 0.05) is 11.8 Å². The molecule has 0 spiro atoms. The number of rotatable bonds is 6. The first-order chi connectivity index (χ1) is 9.98. The molecule has 6 nitrogen and oxygen atoms in total. The van der Waals surface area contributed by atoms with Crippen molar-refractivity contribution in [1.29, 1.82) is 0 Å². The van der Waals surface area contributed by atoms with Gasteiger partial charge in [-0.25, -0.2) is 23.1 Å². The van der Waals surface area contributed by atoms with Crippen LogP contribution >= 0.6 is 12.2 Å². The highest BCUT2D eigenvalue weighted by Crippen LogP contribution is 2.12. The Hall–Kier alpha value is -1.90. The van der Waals surface area contributed by atoms with Crippen molar-refractivity contribution in [3.8, 4) is 0 Å². The quantitative estimate of drug-likeness (QED) is 0.761. The predicted molar refractivity (Wildman–Crippen MR) is 83.8 cm³/mol. The fourth-order valence-electron chi connectivity index (χ4n) is 1.75. The second-order valence-electron chi connectivity index (χ2n) is 4.30. The largest absolute Gasteiger partial charge is 0.389 e. The molecule has 1 heterocycles. The Morgan fingerprint density at radius 3 is 2.71 bits per heavy atom. The van der Waals surface area contributed by atoms with E-state index >= 15 is 0 Å². The van der Waals surface area contributed by atoms with Gasteiger partial charge in [0.15, 0.2) is 0 Å². The lowest BCUT2D eigenvalue weighted by atomic mass is 10.1. The Kier molecular flexibility index (Phi) is 4.94. The zero-order valence-electron chi connectivity index (χ0n) is 11.1. The number of hydrogen-bond acceptors (Lipinski definition) is 5. The van der Waals surface area contributed by atoms with Crippen molar-refractivity contribution in [3.63, 3.8) is 0 Å². The van der Waals surface area contributed by atoms with Gasteiger partial charge in [0.25, 0.3) is 0 Å². The molecule has 0 radical (unpaired) electrons. The molecule has 2 rings (SSSR count). The summed E-state index contributed by atoms with van der Waals surface area (Å²) in [5.41, 5.74) is 7.33. The third-order valence-electron chi connectivity index (χ3n) is 2.74. The third kappa shape index (κ3) is 4.55. The number of benzene rings is 1. The highest BCUT2D eigenvalue weighted by Gasteiger charge is 2.15. The molecule has 0 aliphatic rings. The first-order valence-corrected chi connectivity index (χ1v) is 8.14. The zero-order chi connectivity index (χ0) is 15.3. The van der Waals surface area contributed by atoms with E-state index in [2.05, 4.69) is 14.7 Å². The summed E-state index contributed by atoms with van der Waals surface area (Å²) in [6.45, 7) is 0.111. The molecule has 3 N–H and O–H groups in total. The molecule has 2 aromatic rings. The smallest absolute Gasteiger partial charge is 0.216 e. The maximum absolute atomic E-state index is 12.1. The molecule has 0 fully saturated rings. The minimum absolute atomic E-state index is 0.111.